The number of aliphatic hydroxyl groups is 2. The highest BCUT2D eigenvalue weighted by atomic mass is 16.6. The van der Waals surface area contributed by atoms with E-state index in [-0.39, 0.29) is 24.8 Å². The summed E-state index contributed by atoms with van der Waals surface area (Å²) in [6, 6.07) is 3.54. The monoisotopic (exact) mass is 529 g/mol. The Labute approximate surface area is 216 Å². The van der Waals surface area contributed by atoms with E-state index >= 15 is 0 Å². The summed E-state index contributed by atoms with van der Waals surface area (Å²) in [7, 11) is 1.96. The molecule has 202 valence electrons. The number of ether oxygens (including phenoxy) is 3. The number of carboxylic acids is 2. The van der Waals surface area contributed by atoms with Gasteiger partial charge in [-0.2, -0.15) is 0 Å². The Morgan fingerprint density at radius 3 is 2.63 bits per heavy atom. The van der Waals surface area contributed by atoms with Crippen molar-refractivity contribution in [1.29, 1.82) is 0 Å². The number of aliphatic hydroxyl groups excluding tert-OH is 1. The lowest BCUT2D eigenvalue weighted by atomic mass is 9.50. The van der Waals surface area contributed by atoms with Crippen molar-refractivity contribution in [2.45, 2.75) is 61.6 Å². The summed E-state index contributed by atoms with van der Waals surface area (Å²) < 4.78 is 16.5. The minimum absolute atomic E-state index is 0.156. The van der Waals surface area contributed by atoms with E-state index in [1.54, 1.807) is 12.1 Å². The van der Waals surface area contributed by atoms with Gasteiger partial charge in [-0.25, -0.2) is 14.4 Å². The number of likely N-dealkylation sites (N-methyl/N-ethyl adjacent to an activating group) is 1. The Morgan fingerprint density at radius 1 is 1.21 bits per heavy atom. The molecule has 5 atom stereocenters. The standard InChI is InChI=1S/C26H27NO11/c1-27-9-8-25-21-13-2-3-14(12-28)22(21)38-23(25)15(6-7-26(25,35)17(27)10-13)36-19(31)4-5-20(32)37-16(24(33)34)11-18(29)30/h2-6,16-17,23,28,35H,7-12H2,1H3,(H,29,30)(H,33,34)/b5-4+/t16-,17+,23?,25?,26+/m0/s1. The largest absolute Gasteiger partial charge is 0.481 e. The van der Waals surface area contributed by atoms with E-state index < -0.39 is 53.5 Å². The summed E-state index contributed by atoms with van der Waals surface area (Å²) in [5.41, 5.74) is 0.291. The van der Waals surface area contributed by atoms with Gasteiger partial charge in [0.15, 0.2) is 6.10 Å². The number of aliphatic carboxylic acids is 2. The number of carbonyl (C=O) groups excluding carboxylic acids is 2. The molecule has 0 amide bonds. The lowest BCUT2D eigenvalue weighted by Gasteiger charge is -2.61. The fourth-order valence-corrected chi connectivity index (χ4v) is 6.44. The van der Waals surface area contributed by atoms with Crippen LogP contribution in [-0.4, -0.2) is 86.6 Å². The average molecular weight is 529 g/mol. The second kappa shape index (κ2) is 9.22. The third kappa shape index (κ3) is 3.79. The van der Waals surface area contributed by atoms with Gasteiger partial charge in [-0.15, -0.1) is 0 Å². The van der Waals surface area contributed by atoms with Crippen LogP contribution in [0.1, 0.15) is 36.0 Å². The number of benzene rings is 1. The molecule has 1 aromatic rings. The Balaban J connectivity index is 1.40. The van der Waals surface area contributed by atoms with Crippen LogP contribution in [0.3, 0.4) is 0 Å². The molecule has 4 N–H and O–H groups in total. The highest BCUT2D eigenvalue weighted by Gasteiger charge is 2.71. The summed E-state index contributed by atoms with van der Waals surface area (Å²) in [5, 5.41) is 39.8. The zero-order chi connectivity index (χ0) is 27.4. The molecule has 2 bridgehead atoms. The minimum Gasteiger partial charge on any atom is -0.481 e. The van der Waals surface area contributed by atoms with Gasteiger partial charge in [-0.05, 0) is 38.1 Å². The van der Waals surface area contributed by atoms with E-state index in [2.05, 4.69) is 9.64 Å². The lowest BCUT2D eigenvalue weighted by Crippen LogP contribution is -2.74. The second-order valence-electron chi connectivity index (χ2n) is 10.0. The predicted octanol–water partition coefficient (Wildman–Crippen LogP) is 0.0271. The van der Waals surface area contributed by atoms with E-state index in [0.29, 0.717) is 36.8 Å². The molecule has 12 nitrogen and oxygen atoms in total. The van der Waals surface area contributed by atoms with Gasteiger partial charge in [-0.1, -0.05) is 12.1 Å². The van der Waals surface area contributed by atoms with Gasteiger partial charge in [0.1, 0.15) is 11.5 Å². The number of rotatable bonds is 8. The van der Waals surface area contributed by atoms with Gasteiger partial charge in [0.25, 0.3) is 0 Å². The van der Waals surface area contributed by atoms with Crippen LogP contribution < -0.4 is 4.74 Å². The van der Waals surface area contributed by atoms with Crippen LogP contribution in [0.15, 0.2) is 36.1 Å². The van der Waals surface area contributed by atoms with E-state index in [0.717, 1.165) is 17.2 Å². The molecule has 2 heterocycles. The molecule has 1 spiro atoms. The molecule has 4 aliphatic rings. The molecule has 1 aromatic carbocycles. The first-order chi connectivity index (χ1) is 18.0. The van der Waals surface area contributed by atoms with Crippen LogP contribution in [0.2, 0.25) is 0 Å². The maximum absolute atomic E-state index is 12.6. The topological polar surface area (TPSA) is 180 Å². The van der Waals surface area contributed by atoms with Gasteiger partial charge >= 0.3 is 23.9 Å². The number of carbonyl (C=O) groups is 4. The van der Waals surface area contributed by atoms with Crippen molar-refractivity contribution in [3.05, 3.63) is 52.8 Å². The van der Waals surface area contributed by atoms with E-state index in [1.807, 2.05) is 13.1 Å². The number of likely N-dealkylation sites (tertiary alicyclic amines) is 1. The normalized spacial score (nSPS) is 29.6. The van der Waals surface area contributed by atoms with E-state index in [9.17, 15) is 29.4 Å². The van der Waals surface area contributed by atoms with Crippen LogP contribution in [0.4, 0.5) is 0 Å². The molecule has 2 aliphatic heterocycles. The SMILES string of the molecule is CN1CCC23c4c5ccc(CO)c4OC2C(OC(=O)/C=C/C(=O)O[C@@H](CC(=O)O)C(=O)O)=CC[C@@]3(O)[C@H]1C5. The number of hydrogen-bond donors (Lipinski definition) is 4. The third-order valence-corrected chi connectivity index (χ3v) is 8.09. The zero-order valence-corrected chi connectivity index (χ0v) is 20.5. The van der Waals surface area contributed by atoms with Crippen LogP contribution in [0.5, 0.6) is 5.75 Å². The minimum atomic E-state index is -1.91. The van der Waals surface area contributed by atoms with E-state index in [1.165, 1.54) is 0 Å². The summed E-state index contributed by atoms with van der Waals surface area (Å²) in [6.45, 7) is 0.402. The van der Waals surface area contributed by atoms with Gasteiger partial charge < -0.3 is 39.5 Å². The van der Waals surface area contributed by atoms with Gasteiger partial charge in [-0.3, -0.25) is 4.79 Å². The number of nitrogens with zero attached hydrogens (tertiary/aromatic N) is 1. The molecule has 0 saturated carbocycles. The summed E-state index contributed by atoms with van der Waals surface area (Å²) >= 11 is 0. The molecule has 2 unspecified atom stereocenters. The Bertz CT molecular complexity index is 1290. The maximum atomic E-state index is 12.6. The highest BCUT2D eigenvalue weighted by Crippen LogP contribution is 2.64. The van der Waals surface area contributed by atoms with E-state index in [4.69, 9.17) is 19.7 Å². The maximum Gasteiger partial charge on any atom is 0.345 e. The van der Waals surface area contributed by atoms with Crippen molar-refractivity contribution in [3.8, 4) is 5.75 Å². The number of hydrogen-bond acceptors (Lipinski definition) is 10. The summed E-state index contributed by atoms with van der Waals surface area (Å²) in [5.74, 6) is -4.67. The lowest BCUT2D eigenvalue weighted by molar-refractivity contribution is -0.168. The van der Waals surface area contributed by atoms with Crippen LogP contribution in [-0.2, 0) is 47.1 Å². The van der Waals surface area contributed by atoms with Crippen molar-refractivity contribution >= 4 is 23.9 Å². The Hall–Kier alpha value is -3.74. The molecule has 5 rings (SSSR count). The van der Waals surface area contributed by atoms with Crippen molar-refractivity contribution < 1.29 is 53.8 Å². The average Bonchev–Trinajstić information content (AvgIpc) is 3.21. The molecule has 1 fully saturated rings. The second-order valence-corrected chi connectivity index (χ2v) is 10.0. The molecule has 12 heteroatoms. The van der Waals surface area contributed by atoms with Gasteiger partial charge in [0, 0.05) is 35.7 Å². The van der Waals surface area contributed by atoms with Crippen molar-refractivity contribution in [1.82, 2.24) is 4.90 Å². The molecule has 1 saturated heterocycles. The van der Waals surface area contributed by atoms with Gasteiger partial charge in [0.05, 0.1) is 24.0 Å². The number of carboxylic acid groups (broad SMARTS) is 2. The van der Waals surface area contributed by atoms with Crippen LogP contribution >= 0.6 is 0 Å². The fraction of sp³-hybridized carbons (Fsp3) is 0.462. The quantitative estimate of drug-likeness (QED) is 0.262. The Morgan fingerprint density at radius 2 is 1.95 bits per heavy atom. The first kappa shape index (κ1) is 25.9. The Kier molecular flexibility index (Phi) is 6.28. The van der Waals surface area contributed by atoms with Gasteiger partial charge in [0.2, 0.25) is 6.10 Å². The smallest absolute Gasteiger partial charge is 0.345 e. The third-order valence-electron chi connectivity index (χ3n) is 8.09. The van der Waals surface area contributed by atoms with Crippen LogP contribution in [0.25, 0.3) is 0 Å². The molecular formula is C26H27NO11. The van der Waals surface area contributed by atoms with Crippen molar-refractivity contribution in [2.24, 2.45) is 0 Å². The van der Waals surface area contributed by atoms with Crippen molar-refractivity contribution in [2.75, 3.05) is 13.6 Å². The molecule has 0 aromatic heterocycles. The first-order valence-electron chi connectivity index (χ1n) is 12.1. The fourth-order valence-electron chi connectivity index (χ4n) is 6.44. The molecule has 2 aliphatic carbocycles. The zero-order valence-electron chi connectivity index (χ0n) is 20.5. The molecular weight excluding hydrogens is 502 g/mol. The summed E-state index contributed by atoms with van der Waals surface area (Å²) in [6.07, 6.45) is 0.598. The van der Waals surface area contributed by atoms with Crippen LogP contribution in [0, 0.1) is 0 Å². The highest BCUT2D eigenvalue weighted by molar-refractivity contribution is 5.93. The molecule has 0 radical (unpaired) electrons. The van der Waals surface area contributed by atoms with Crippen molar-refractivity contribution in [3.63, 3.8) is 0 Å². The number of esters is 2. The summed E-state index contributed by atoms with van der Waals surface area (Å²) in [4.78, 5) is 48.6. The first-order valence-corrected chi connectivity index (χ1v) is 12.1. The number of piperidine rings is 1. The predicted molar refractivity (Wildman–Crippen MR) is 126 cm³/mol. The molecule has 38 heavy (non-hydrogen) atoms.